The van der Waals surface area contributed by atoms with Crippen molar-refractivity contribution in [2.75, 3.05) is 31.3 Å². The first-order valence-corrected chi connectivity index (χ1v) is 12.0. The van der Waals surface area contributed by atoms with Crippen LogP contribution in [0.4, 0.5) is 5.69 Å². The molecule has 2 amide bonds. The van der Waals surface area contributed by atoms with Gasteiger partial charge >= 0.3 is 0 Å². The van der Waals surface area contributed by atoms with Crippen molar-refractivity contribution in [1.82, 2.24) is 10.2 Å². The van der Waals surface area contributed by atoms with Crippen molar-refractivity contribution in [1.29, 1.82) is 0 Å². The molecule has 1 atom stereocenters. The number of hydrogen-bond acceptors (Lipinski definition) is 5. The molecular weight excluding hydrogens is 430 g/mol. The fraction of sp³-hybridized carbons (Fsp3) is 0.391. The van der Waals surface area contributed by atoms with Gasteiger partial charge in [-0.2, -0.15) is 0 Å². The van der Waals surface area contributed by atoms with Crippen LogP contribution in [0.15, 0.2) is 42.5 Å². The molecule has 0 aliphatic heterocycles. The number of methoxy groups -OCH3 is 1. The smallest absolute Gasteiger partial charge is 0.244 e. The molecule has 9 heteroatoms. The number of carbonyl (C=O) groups excluding carboxylic acids is 2. The Balaban J connectivity index is 2.41. The maximum atomic E-state index is 13.4. The number of nitrogens with one attached hydrogen (secondary N) is 1. The van der Waals surface area contributed by atoms with Gasteiger partial charge in [0, 0.05) is 13.6 Å². The van der Waals surface area contributed by atoms with Crippen molar-refractivity contribution in [3.05, 3.63) is 59.2 Å². The molecule has 0 bridgehead atoms. The molecule has 0 saturated carbocycles. The summed E-state index contributed by atoms with van der Waals surface area (Å²) in [5.41, 5.74) is 2.91. The number of nitrogens with zero attached hydrogens (tertiary/aromatic N) is 2. The molecule has 0 spiro atoms. The Labute approximate surface area is 190 Å². The normalized spacial score (nSPS) is 12.1. The number of sulfonamides is 1. The van der Waals surface area contributed by atoms with E-state index in [1.807, 2.05) is 19.9 Å². The van der Waals surface area contributed by atoms with Crippen molar-refractivity contribution in [3.8, 4) is 5.75 Å². The highest BCUT2D eigenvalue weighted by atomic mass is 32.2. The van der Waals surface area contributed by atoms with E-state index in [1.54, 1.807) is 50.4 Å². The number of carbonyl (C=O) groups is 2. The third kappa shape index (κ3) is 6.00. The van der Waals surface area contributed by atoms with E-state index in [0.29, 0.717) is 11.4 Å². The predicted molar refractivity (Wildman–Crippen MR) is 125 cm³/mol. The second-order valence-electron chi connectivity index (χ2n) is 7.65. The van der Waals surface area contributed by atoms with Crippen LogP contribution >= 0.6 is 0 Å². The van der Waals surface area contributed by atoms with Crippen molar-refractivity contribution in [2.24, 2.45) is 0 Å². The summed E-state index contributed by atoms with van der Waals surface area (Å²) in [6.07, 6.45) is 1.07. The summed E-state index contributed by atoms with van der Waals surface area (Å²) in [6, 6.07) is 11.6. The molecule has 1 N–H and O–H groups in total. The topological polar surface area (TPSA) is 96.0 Å². The number of rotatable bonds is 9. The van der Waals surface area contributed by atoms with Gasteiger partial charge in [-0.05, 0) is 55.7 Å². The summed E-state index contributed by atoms with van der Waals surface area (Å²) in [7, 11) is -0.696. The quantitative estimate of drug-likeness (QED) is 0.618. The lowest BCUT2D eigenvalue weighted by Gasteiger charge is -2.31. The summed E-state index contributed by atoms with van der Waals surface area (Å²) in [4.78, 5) is 27.1. The third-order valence-electron chi connectivity index (χ3n) is 5.45. The zero-order chi connectivity index (χ0) is 24.1. The molecule has 0 fully saturated rings. The van der Waals surface area contributed by atoms with Crippen molar-refractivity contribution in [2.45, 2.75) is 33.4 Å². The highest BCUT2D eigenvalue weighted by molar-refractivity contribution is 7.92. The molecule has 8 nitrogen and oxygen atoms in total. The number of benzene rings is 2. The minimum absolute atomic E-state index is 0.141. The van der Waals surface area contributed by atoms with Crippen LogP contribution in [0.1, 0.15) is 23.6 Å². The molecule has 32 heavy (non-hydrogen) atoms. The lowest BCUT2D eigenvalue weighted by Crippen LogP contribution is -2.50. The van der Waals surface area contributed by atoms with E-state index in [9.17, 15) is 18.0 Å². The SMILES string of the molecule is CNC(=O)[C@@H](C)N(Cc1ccc(OC)cc1)C(=O)CN(c1cccc(C)c1C)S(C)(=O)=O. The minimum Gasteiger partial charge on any atom is -0.497 e. The maximum absolute atomic E-state index is 13.4. The summed E-state index contributed by atoms with van der Waals surface area (Å²) >= 11 is 0. The molecule has 0 aliphatic carbocycles. The summed E-state index contributed by atoms with van der Waals surface area (Å²) in [5, 5.41) is 2.55. The molecule has 0 saturated heterocycles. The average molecular weight is 462 g/mol. The Morgan fingerprint density at radius 1 is 1.09 bits per heavy atom. The Kier molecular flexibility index (Phi) is 8.26. The van der Waals surface area contributed by atoms with E-state index in [-0.39, 0.29) is 12.5 Å². The van der Waals surface area contributed by atoms with Crippen LogP contribution in [-0.2, 0) is 26.2 Å². The van der Waals surface area contributed by atoms with Gasteiger partial charge in [-0.15, -0.1) is 0 Å². The summed E-state index contributed by atoms with van der Waals surface area (Å²) < 4.78 is 31.5. The molecule has 0 unspecified atom stereocenters. The lowest BCUT2D eigenvalue weighted by molar-refractivity contribution is -0.139. The lowest BCUT2D eigenvalue weighted by atomic mass is 10.1. The van der Waals surface area contributed by atoms with E-state index in [0.717, 1.165) is 27.3 Å². The average Bonchev–Trinajstić information content (AvgIpc) is 2.76. The highest BCUT2D eigenvalue weighted by Gasteiger charge is 2.30. The minimum atomic E-state index is -3.75. The second-order valence-corrected chi connectivity index (χ2v) is 9.56. The van der Waals surface area contributed by atoms with Crippen molar-refractivity contribution < 1.29 is 22.7 Å². The van der Waals surface area contributed by atoms with Crippen LogP contribution < -0.4 is 14.4 Å². The number of hydrogen-bond donors (Lipinski definition) is 1. The van der Waals surface area contributed by atoms with Crippen molar-refractivity contribution in [3.63, 3.8) is 0 Å². The molecule has 2 aromatic carbocycles. The number of amides is 2. The van der Waals surface area contributed by atoms with Gasteiger partial charge in [-0.25, -0.2) is 8.42 Å². The third-order valence-corrected chi connectivity index (χ3v) is 6.58. The maximum Gasteiger partial charge on any atom is 0.244 e. The van der Waals surface area contributed by atoms with Crippen molar-refractivity contribution >= 4 is 27.5 Å². The van der Waals surface area contributed by atoms with Gasteiger partial charge in [-0.1, -0.05) is 24.3 Å². The first-order chi connectivity index (χ1) is 15.0. The fourth-order valence-corrected chi connectivity index (χ4v) is 4.22. The standard InChI is InChI=1S/C23H31N3O5S/c1-16-8-7-9-21(17(16)2)26(32(6,29)30)15-22(27)25(18(3)23(28)24-4)14-19-10-12-20(31-5)13-11-19/h7-13,18H,14-15H2,1-6H3,(H,24,28)/t18-/m1/s1. The van der Waals surface area contributed by atoms with Crippen LogP contribution in [0.2, 0.25) is 0 Å². The molecule has 174 valence electrons. The predicted octanol–water partition coefficient (Wildman–Crippen LogP) is 2.24. The number of likely N-dealkylation sites (N-methyl/N-ethyl adjacent to an activating group) is 1. The second kappa shape index (κ2) is 10.5. The van der Waals surface area contributed by atoms with Gasteiger partial charge in [0.05, 0.1) is 19.1 Å². The molecule has 0 radical (unpaired) electrons. The van der Waals surface area contributed by atoms with Gasteiger partial charge in [0.1, 0.15) is 18.3 Å². The monoisotopic (exact) mass is 461 g/mol. The molecule has 2 aromatic rings. The van der Waals surface area contributed by atoms with Crippen LogP contribution in [0, 0.1) is 13.8 Å². The molecule has 0 aliphatic rings. The van der Waals surface area contributed by atoms with E-state index >= 15 is 0 Å². The Morgan fingerprint density at radius 2 is 1.72 bits per heavy atom. The molecule has 0 heterocycles. The Bertz CT molecular complexity index is 1070. The van der Waals surface area contributed by atoms with E-state index in [2.05, 4.69) is 5.32 Å². The van der Waals surface area contributed by atoms with Crippen LogP contribution in [0.25, 0.3) is 0 Å². The van der Waals surface area contributed by atoms with Gasteiger partial charge in [0.15, 0.2) is 0 Å². The zero-order valence-corrected chi connectivity index (χ0v) is 20.2. The van der Waals surface area contributed by atoms with Gasteiger partial charge in [-0.3, -0.25) is 13.9 Å². The Morgan fingerprint density at radius 3 is 2.25 bits per heavy atom. The zero-order valence-electron chi connectivity index (χ0n) is 19.4. The Hall–Kier alpha value is -3.07. The van der Waals surface area contributed by atoms with Crippen LogP contribution in [0.3, 0.4) is 0 Å². The van der Waals surface area contributed by atoms with E-state index in [1.165, 1.54) is 11.9 Å². The highest BCUT2D eigenvalue weighted by Crippen LogP contribution is 2.25. The van der Waals surface area contributed by atoms with Crippen LogP contribution in [0.5, 0.6) is 5.75 Å². The van der Waals surface area contributed by atoms with Gasteiger partial charge in [0.2, 0.25) is 21.8 Å². The number of ether oxygens (including phenoxy) is 1. The summed E-state index contributed by atoms with van der Waals surface area (Å²) in [6.45, 7) is 5.03. The molecule has 2 rings (SSSR count). The summed E-state index contributed by atoms with van der Waals surface area (Å²) in [5.74, 6) is -0.156. The first kappa shape index (κ1) is 25.2. The van der Waals surface area contributed by atoms with Crippen LogP contribution in [-0.4, -0.2) is 58.1 Å². The van der Waals surface area contributed by atoms with E-state index < -0.39 is 28.5 Å². The van der Waals surface area contributed by atoms with Gasteiger partial charge in [0.25, 0.3) is 0 Å². The van der Waals surface area contributed by atoms with E-state index in [4.69, 9.17) is 4.74 Å². The number of aryl methyl sites for hydroxylation is 1. The molecular formula is C23H31N3O5S. The van der Waals surface area contributed by atoms with Gasteiger partial charge < -0.3 is 15.0 Å². The number of anilines is 1. The largest absolute Gasteiger partial charge is 0.497 e. The molecule has 0 aromatic heterocycles. The first-order valence-electron chi connectivity index (χ1n) is 10.2. The fourth-order valence-electron chi connectivity index (χ4n) is 3.32.